The third-order valence-corrected chi connectivity index (χ3v) is 4.08. The van der Waals surface area contributed by atoms with Crippen LogP contribution in [0.2, 0.25) is 0 Å². The Morgan fingerprint density at radius 3 is 2.82 bits per heavy atom. The van der Waals surface area contributed by atoms with E-state index in [1.807, 2.05) is 13.1 Å². The van der Waals surface area contributed by atoms with Gasteiger partial charge in [-0.25, -0.2) is 4.98 Å². The molecule has 0 aromatic carbocycles. The van der Waals surface area contributed by atoms with Crippen LogP contribution >= 0.6 is 38.5 Å². The SMILES string of the molecule is CCc1nc(-c2nnn(C)c2CBr)ccc1I. The molecule has 0 aliphatic carbocycles. The number of pyridine rings is 1. The number of nitrogens with zero attached hydrogens (tertiary/aromatic N) is 4. The molecule has 0 aliphatic rings. The van der Waals surface area contributed by atoms with Crippen molar-refractivity contribution in [1.29, 1.82) is 0 Å². The second kappa shape index (κ2) is 5.43. The number of halogens is 2. The predicted octanol–water partition coefficient (Wildman–Crippen LogP) is 2.94. The van der Waals surface area contributed by atoms with Crippen molar-refractivity contribution < 1.29 is 0 Å². The lowest BCUT2D eigenvalue weighted by atomic mass is 10.2. The highest BCUT2D eigenvalue weighted by molar-refractivity contribution is 14.1. The summed E-state index contributed by atoms with van der Waals surface area (Å²) in [7, 11) is 1.89. The molecule has 0 fully saturated rings. The van der Waals surface area contributed by atoms with E-state index in [4.69, 9.17) is 0 Å². The number of hydrogen-bond acceptors (Lipinski definition) is 3. The molecule has 0 aliphatic heterocycles. The molecule has 0 unspecified atom stereocenters. The van der Waals surface area contributed by atoms with Crippen molar-refractivity contribution in [3.8, 4) is 11.4 Å². The number of rotatable bonds is 3. The molecule has 4 nitrogen and oxygen atoms in total. The van der Waals surface area contributed by atoms with E-state index in [2.05, 4.69) is 66.8 Å². The van der Waals surface area contributed by atoms with Crippen molar-refractivity contribution in [3.05, 3.63) is 27.1 Å². The van der Waals surface area contributed by atoms with Gasteiger partial charge in [0.05, 0.1) is 17.1 Å². The summed E-state index contributed by atoms with van der Waals surface area (Å²) in [6.45, 7) is 2.11. The average Bonchev–Trinajstić information content (AvgIpc) is 2.71. The van der Waals surface area contributed by atoms with E-state index < -0.39 is 0 Å². The Bertz CT molecular complexity index is 538. The van der Waals surface area contributed by atoms with Crippen LogP contribution in [0, 0.1) is 3.57 Å². The number of aryl methyl sites for hydroxylation is 2. The fourth-order valence-corrected chi connectivity index (χ4v) is 2.90. The van der Waals surface area contributed by atoms with E-state index in [9.17, 15) is 0 Å². The highest BCUT2D eigenvalue weighted by Gasteiger charge is 2.13. The second-order valence-electron chi connectivity index (χ2n) is 3.62. The van der Waals surface area contributed by atoms with E-state index in [1.54, 1.807) is 4.68 Å². The topological polar surface area (TPSA) is 43.6 Å². The first-order valence-corrected chi connectivity index (χ1v) is 7.47. The minimum atomic E-state index is 0.723. The minimum absolute atomic E-state index is 0.723. The van der Waals surface area contributed by atoms with Gasteiger partial charge in [-0.2, -0.15) is 0 Å². The molecule has 17 heavy (non-hydrogen) atoms. The zero-order valence-electron chi connectivity index (χ0n) is 9.61. The van der Waals surface area contributed by atoms with Gasteiger partial charge in [-0.05, 0) is 41.1 Å². The normalized spacial score (nSPS) is 10.8. The van der Waals surface area contributed by atoms with Gasteiger partial charge in [-0.1, -0.05) is 28.1 Å². The molecule has 2 aromatic heterocycles. The Hall–Kier alpha value is -0.500. The number of aromatic nitrogens is 4. The van der Waals surface area contributed by atoms with Crippen LogP contribution in [0.4, 0.5) is 0 Å². The van der Waals surface area contributed by atoms with Gasteiger partial charge in [0.2, 0.25) is 0 Å². The Labute approximate surface area is 122 Å². The van der Waals surface area contributed by atoms with Crippen LogP contribution in [0.5, 0.6) is 0 Å². The zero-order chi connectivity index (χ0) is 12.4. The average molecular weight is 407 g/mol. The Morgan fingerprint density at radius 2 is 2.18 bits per heavy atom. The van der Waals surface area contributed by atoms with Crippen LogP contribution in [0.15, 0.2) is 12.1 Å². The maximum absolute atomic E-state index is 4.64. The summed E-state index contributed by atoms with van der Waals surface area (Å²) in [6.07, 6.45) is 0.927. The van der Waals surface area contributed by atoms with Crippen molar-refractivity contribution in [2.45, 2.75) is 18.7 Å². The first-order valence-electron chi connectivity index (χ1n) is 5.27. The summed E-state index contributed by atoms with van der Waals surface area (Å²) in [6, 6.07) is 4.07. The first-order chi connectivity index (χ1) is 8.17. The monoisotopic (exact) mass is 406 g/mol. The molecule has 0 atom stereocenters. The van der Waals surface area contributed by atoms with E-state index in [0.717, 1.165) is 34.5 Å². The highest BCUT2D eigenvalue weighted by Crippen LogP contribution is 2.23. The third kappa shape index (κ3) is 2.52. The van der Waals surface area contributed by atoms with Crippen molar-refractivity contribution in [2.24, 2.45) is 7.05 Å². The number of alkyl halides is 1. The maximum atomic E-state index is 4.64. The van der Waals surface area contributed by atoms with Gasteiger partial charge in [0.25, 0.3) is 0 Å². The summed E-state index contributed by atoms with van der Waals surface area (Å²) in [5, 5.41) is 8.94. The quantitative estimate of drug-likeness (QED) is 0.581. The molecule has 0 spiro atoms. The summed E-state index contributed by atoms with van der Waals surface area (Å²) >= 11 is 5.76. The molecule has 0 saturated carbocycles. The van der Waals surface area contributed by atoms with Crippen molar-refractivity contribution in [3.63, 3.8) is 0 Å². The van der Waals surface area contributed by atoms with Gasteiger partial charge >= 0.3 is 0 Å². The molecule has 2 rings (SSSR count). The van der Waals surface area contributed by atoms with Gasteiger partial charge in [0, 0.05) is 15.9 Å². The van der Waals surface area contributed by atoms with Crippen molar-refractivity contribution >= 4 is 38.5 Å². The Morgan fingerprint density at radius 1 is 1.41 bits per heavy atom. The van der Waals surface area contributed by atoms with Crippen molar-refractivity contribution in [2.75, 3.05) is 0 Å². The molecule has 0 radical (unpaired) electrons. The lowest BCUT2D eigenvalue weighted by Crippen LogP contribution is -1.98. The summed E-state index contributed by atoms with van der Waals surface area (Å²) < 4.78 is 2.97. The fourth-order valence-electron chi connectivity index (χ4n) is 1.59. The fraction of sp³-hybridized carbons (Fsp3) is 0.364. The van der Waals surface area contributed by atoms with Gasteiger partial charge in [0.1, 0.15) is 5.69 Å². The van der Waals surface area contributed by atoms with Crippen molar-refractivity contribution in [1.82, 2.24) is 20.0 Å². The molecular weight excluding hydrogens is 395 g/mol. The van der Waals surface area contributed by atoms with Gasteiger partial charge in [0.15, 0.2) is 0 Å². The predicted molar refractivity (Wildman–Crippen MR) is 79.0 cm³/mol. The lowest BCUT2D eigenvalue weighted by molar-refractivity contribution is 0.694. The summed E-state index contributed by atoms with van der Waals surface area (Å²) in [4.78, 5) is 4.64. The molecule has 2 heterocycles. The molecule has 2 aromatic rings. The molecule has 0 amide bonds. The summed E-state index contributed by atoms with van der Waals surface area (Å²) in [5.41, 5.74) is 3.90. The molecule has 6 heteroatoms. The van der Waals surface area contributed by atoms with Crippen LogP contribution in [0.1, 0.15) is 18.3 Å². The third-order valence-electron chi connectivity index (χ3n) is 2.57. The Balaban J connectivity index is 2.52. The largest absolute Gasteiger partial charge is 0.251 e. The van der Waals surface area contributed by atoms with Crippen LogP contribution < -0.4 is 0 Å². The highest BCUT2D eigenvalue weighted by atomic mass is 127. The van der Waals surface area contributed by atoms with E-state index in [0.29, 0.717) is 0 Å². The van der Waals surface area contributed by atoms with Crippen LogP contribution in [-0.2, 0) is 18.8 Å². The van der Waals surface area contributed by atoms with Crippen LogP contribution in [0.25, 0.3) is 11.4 Å². The molecule has 90 valence electrons. The molecular formula is C11H12BrIN4. The molecule has 0 saturated heterocycles. The van der Waals surface area contributed by atoms with Gasteiger partial charge in [-0.15, -0.1) is 5.10 Å². The van der Waals surface area contributed by atoms with E-state index in [1.165, 1.54) is 3.57 Å². The van der Waals surface area contributed by atoms with E-state index in [-0.39, 0.29) is 0 Å². The number of hydrogen-bond donors (Lipinski definition) is 0. The standard InChI is InChI=1S/C11H12BrIN4/c1-3-8-7(13)4-5-9(14-8)11-10(6-12)17(2)16-15-11/h4-5H,3,6H2,1-2H3. The van der Waals surface area contributed by atoms with Gasteiger partial charge < -0.3 is 0 Å². The van der Waals surface area contributed by atoms with Crippen LogP contribution in [0.3, 0.4) is 0 Å². The van der Waals surface area contributed by atoms with Gasteiger partial charge in [-0.3, -0.25) is 4.68 Å². The lowest BCUT2D eigenvalue weighted by Gasteiger charge is -2.04. The van der Waals surface area contributed by atoms with Crippen LogP contribution in [-0.4, -0.2) is 20.0 Å². The second-order valence-corrected chi connectivity index (χ2v) is 5.34. The minimum Gasteiger partial charge on any atom is -0.251 e. The maximum Gasteiger partial charge on any atom is 0.135 e. The summed E-state index contributed by atoms with van der Waals surface area (Å²) in [5.74, 6) is 0. The smallest absolute Gasteiger partial charge is 0.135 e. The Kier molecular flexibility index (Phi) is 4.13. The van der Waals surface area contributed by atoms with E-state index >= 15 is 0 Å². The molecule has 0 bridgehead atoms. The zero-order valence-corrected chi connectivity index (χ0v) is 13.4. The molecule has 0 N–H and O–H groups in total. The first kappa shape index (κ1) is 12.9.